The lowest BCUT2D eigenvalue weighted by Gasteiger charge is -2.17. The van der Waals surface area contributed by atoms with Crippen LogP contribution in [0.2, 0.25) is 0 Å². The molecule has 7 nitrogen and oxygen atoms in total. The van der Waals surface area contributed by atoms with Crippen LogP contribution in [0.5, 0.6) is 0 Å². The van der Waals surface area contributed by atoms with Crippen molar-refractivity contribution in [3.63, 3.8) is 0 Å². The van der Waals surface area contributed by atoms with Crippen molar-refractivity contribution in [3.8, 4) is 0 Å². The first-order chi connectivity index (χ1) is 8.77. The molecule has 8 heteroatoms. The zero-order valence-corrected chi connectivity index (χ0v) is 11.8. The van der Waals surface area contributed by atoms with Gasteiger partial charge in [-0.3, -0.25) is 4.79 Å². The Kier molecular flexibility index (Phi) is 4.96. The summed E-state index contributed by atoms with van der Waals surface area (Å²) in [6, 6.07) is -1.12. The molecule has 0 spiro atoms. The van der Waals surface area contributed by atoms with E-state index in [9.17, 15) is 9.59 Å². The van der Waals surface area contributed by atoms with Crippen LogP contribution < -0.4 is 5.32 Å². The number of carbonyl (C=O) groups is 2. The minimum absolute atomic E-state index is 0.0435. The van der Waals surface area contributed by atoms with Crippen molar-refractivity contribution < 1.29 is 19.8 Å². The molecule has 0 aliphatic heterocycles. The van der Waals surface area contributed by atoms with Crippen molar-refractivity contribution in [1.82, 2.24) is 14.9 Å². The second-order valence-corrected chi connectivity index (χ2v) is 5.83. The maximum absolute atomic E-state index is 12.0. The Labute approximate surface area is 114 Å². The highest BCUT2D eigenvalue weighted by molar-refractivity contribution is 7.08. The Morgan fingerprint density at radius 2 is 2.05 bits per heavy atom. The van der Waals surface area contributed by atoms with Crippen LogP contribution in [-0.4, -0.2) is 44.3 Å². The summed E-state index contributed by atoms with van der Waals surface area (Å²) in [5, 5.41) is 24.0. The van der Waals surface area contributed by atoms with Gasteiger partial charge in [0.05, 0.1) is 5.69 Å². The number of aliphatic hydroxyl groups excluding tert-OH is 1. The van der Waals surface area contributed by atoms with Crippen molar-refractivity contribution in [3.05, 3.63) is 10.6 Å². The van der Waals surface area contributed by atoms with Crippen molar-refractivity contribution in [1.29, 1.82) is 0 Å². The van der Waals surface area contributed by atoms with Gasteiger partial charge in [0, 0.05) is 18.4 Å². The number of rotatable bonds is 5. The number of hydrogen-bond acceptors (Lipinski definition) is 6. The first-order valence-corrected chi connectivity index (χ1v) is 6.52. The molecule has 1 heterocycles. The Bertz CT molecular complexity index is 467. The summed E-state index contributed by atoms with van der Waals surface area (Å²) >= 11 is 0.928. The largest absolute Gasteiger partial charge is 0.480 e. The molecule has 0 radical (unpaired) electrons. The molecule has 1 atom stereocenters. The van der Waals surface area contributed by atoms with Gasteiger partial charge in [0.25, 0.3) is 5.91 Å². The van der Waals surface area contributed by atoms with Gasteiger partial charge in [-0.25, -0.2) is 4.79 Å². The number of nitrogens with zero attached hydrogens (tertiary/aromatic N) is 2. The number of carbonyl (C=O) groups excluding carboxylic acids is 1. The Morgan fingerprint density at radius 1 is 1.42 bits per heavy atom. The van der Waals surface area contributed by atoms with Crippen molar-refractivity contribution in [2.45, 2.75) is 38.6 Å². The third-order valence-electron chi connectivity index (χ3n) is 2.43. The third-order valence-corrected chi connectivity index (χ3v) is 3.15. The number of aliphatic hydroxyl groups is 1. The minimum atomic E-state index is -1.18. The molecule has 1 aromatic heterocycles. The third kappa shape index (κ3) is 3.97. The smallest absolute Gasteiger partial charge is 0.326 e. The van der Waals surface area contributed by atoms with Gasteiger partial charge in [-0.05, 0) is 11.5 Å². The Balaban J connectivity index is 2.89. The van der Waals surface area contributed by atoms with E-state index in [1.165, 1.54) is 0 Å². The number of hydrogen-bond donors (Lipinski definition) is 3. The summed E-state index contributed by atoms with van der Waals surface area (Å²) in [6.07, 6.45) is -0.0435. The fraction of sp³-hybridized carbons (Fsp3) is 0.636. The fourth-order valence-electron chi connectivity index (χ4n) is 1.44. The van der Waals surface area contributed by atoms with Crippen LogP contribution >= 0.6 is 11.5 Å². The first-order valence-electron chi connectivity index (χ1n) is 5.74. The summed E-state index contributed by atoms with van der Waals surface area (Å²) in [7, 11) is 0. The van der Waals surface area contributed by atoms with Gasteiger partial charge in [0.1, 0.15) is 10.9 Å². The molecule has 0 aliphatic rings. The van der Waals surface area contributed by atoms with Crippen LogP contribution in [0.3, 0.4) is 0 Å². The molecule has 1 aromatic rings. The molecule has 106 valence electrons. The standard InChI is InChI=1S/C11H17N3O4S/c1-11(2,3)8-7(19-14-13-8)9(16)12-6(4-5-15)10(17)18/h6,15H,4-5H2,1-3H3,(H,12,16)(H,17,18)/t6-/m0/s1. The predicted octanol–water partition coefficient (Wildman–Crippen LogP) is 0.401. The molecule has 0 saturated heterocycles. The van der Waals surface area contributed by atoms with Crippen LogP contribution in [0.4, 0.5) is 0 Å². The zero-order chi connectivity index (χ0) is 14.6. The van der Waals surface area contributed by atoms with E-state index in [1.807, 2.05) is 20.8 Å². The average molecular weight is 287 g/mol. The molecule has 0 bridgehead atoms. The Hall–Kier alpha value is -1.54. The minimum Gasteiger partial charge on any atom is -0.480 e. The quantitative estimate of drug-likeness (QED) is 0.722. The van der Waals surface area contributed by atoms with Gasteiger partial charge < -0.3 is 15.5 Å². The molecule has 0 saturated carbocycles. The van der Waals surface area contributed by atoms with Gasteiger partial charge in [-0.2, -0.15) is 0 Å². The van der Waals surface area contributed by atoms with E-state index in [0.717, 1.165) is 11.5 Å². The van der Waals surface area contributed by atoms with Gasteiger partial charge >= 0.3 is 5.97 Å². The molecule has 1 rings (SSSR count). The normalized spacial score (nSPS) is 13.1. The molecular weight excluding hydrogens is 270 g/mol. The van der Waals surface area contributed by atoms with Crippen LogP contribution in [0, 0.1) is 0 Å². The van der Waals surface area contributed by atoms with Crippen LogP contribution in [0.15, 0.2) is 0 Å². The first kappa shape index (κ1) is 15.5. The van der Waals surface area contributed by atoms with E-state index in [-0.39, 0.29) is 18.4 Å². The van der Waals surface area contributed by atoms with Crippen LogP contribution in [-0.2, 0) is 10.2 Å². The fourth-order valence-corrected chi connectivity index (χ4v) is 2.22. The summed E-state index contributed by atoms with van der Waals surface area (Å²) in [5.74, 6) is -1.71. The highest BCUT2D eigenvalue weighted by Gasteiger charge is 2.28. The van der Waals surface area contributed by atoms with E-state index in [2.05, 4.69) is 14.9 Å². The maximum Gasteiger partial charge on any atom is 0.326 e. The molecule has 0 fully saturated rings. The molecule has 3 N–H and O–H groups in total. The van der Waals surface area contributed by atoms with Crippen LogP contribution in [0.25, 0.3) is 0 Å². The maximum atomic E-state index is 12.0. The Morgan fingerprint density at radius 3 is 2.53 bits per heavy atom. The summed E-state index contributed by atoms with van der Waals surface area (Å²) in [4.78, 5) is 23.3. The number of nitrogens with one attached hydrogen (secondary N) is 1. The van der Waals surface area contributed by atoms with Crippen molar-refractivity contribution >= 4 is 23.4 Å². The average Bonchev–Trinajstić information content (AvgIpc) is 2.76. The second kappa shape index (κ2) is 6.07. The van der Waals surface area contributed by atoms with Crippen LogP contribution in [0.1, 0.15) is 42.6 Å². The van der Waals surface area contributed by atoms with Gasteiger partial charge in [-0.15, -0.1) is 5.10 Å². The molecule has 0 aromatic carbocycles. The number of carboxylic acid groups (broad SMARTS) is 1. The summed E-state index contributed by atoms with van der Waals surface area (Å²) < 4.78 is 3.74. The highest BCUT2D eigenvalue weighted by Crippen LogP contribution is 2.25. The van der Waals surface area contributed by atoms with Crippen molar-refractivity contribution in [2.75, 3.05) is 6.61 Å². The van der Waals surface area contributed by atoms with Gasteiger partial charge in [-0.1, -0.05) is 25.3 Å². The molecule has 0 aliphatic carbocycles. The topological polar surface area (TPSA) is 112 Å². The van der Waals surface area contributed by atoms with Gasteiger partial charge in [0.15, 0.2) is 0 Å². The molecule has 0 unspecified atom stereocenters. The predicted molar refractivity (Wildman–Crippen MR) is 69.2 cm³/mol. The summed E-state index contributed by atoms with van der Waals surface area (Å²) in [6.45, 7) is 5.36. The zero-order valence-electron chi connectivity index (χ0n) is 11.0. The number of aliphatic carboxylic acids is 1. The highest BCUT2D eigenvalue weighted by atomic mass is 32.1. The number of aromatic nitrogens is 2. The summed E-state index contributed by atoms with van der Waals surface area (Å²) in [5.41, 5.74) is 0.179. The monoisotopic (exact) mass is 287 g/mol. The lowest BCUT2D eigenvalue weighted by molar-refractivity contribution is -0.139. The van der Waals surface area contributed by atoms with E-state index >= 15 is 0 Å². The SMILES string of the molecule is CC(C)(C)c1nnsc1C(=O)N[C@@H](CCO)C(=O)O. The molecule has 19 heavy (non-hydrogen) atoms. The van der Waals surface area contributed by atoms with E-state index in [4.69, 9.17) is 10.2 Å². The molecular formula is C11H17N3O4S. The lowest BCUT2D eigenvalue weighted by atomic mass is 9.91. The van der Waals surface area contributed by atoms with E-state index in [0.29, 0.717) is 10.6 Å². The number of amides is 1. The van der Waals surface area contributed by atoms with E-state index < -0.39 is 17.9 Å². The number of carboxylic acids is 1. The van der Waals surface area contributed by atoms with Crippen molar-refractivity contribution in [2.24, 2.45) is 0 Å². The lowest BCUT2D eigenvalue weighted by Crippen LogP contribution is -2.41. The second-order valence-electron chi connectivity index (χ2n) is 5.08. The van der Waals surface area contributed by atoms with Gasteiger partial charge in [0.2, 0.25) is 0 Å². The van der Waals surface area contributed by atoms with E-state index in [1.54, 1.807) is 0 Å². The molecule has 1 amide bonds.